The third-order valence-corrected chi connectivity index (χ3v) is 5.38. The quantitative estimate of drug-likeness (QED) is 0.469. The molecule has 0 aliphatic rings. The van der Waals surface area contributed by atoms with Crippen molar-refractivity contribution < 1.29 is 9.47 Å². The van der Waals surface area contributed by atoms with Gasteiger partial charge in [-0.2, -0.15) is 0 Å². The molecule has 0 saturated carbocycles. The Morgan fingerprint density at radius 2 is 1.83 bits per heavy atom. The predicted molar refractivity (Wildman–Crippen MR) is 110 cm³/mol. The van der Waals surface area contributed by atoms with Crippen molar-refractivity contribution in [3.63, 3.8) is 0 Å². The van der Waals surface area contributed by atoms with E-state index in [-0.39, 0.29) is 12.2 Å². The first-order chi connectivity index (χ1) is 14.2. The van der Waals surface area contributed by atoms with Gasteiger partial charge in [-0.3, -0.25) is 4.79 Å². The molecule has 0 fully saturated rings. The molecule has 0 aliphatic carbocycles. The standard InChI is InChI=1S/C20H19N5O3S/c1-25-18(11-28-16-10-6-5-9-15(16)27-2)23-24-20(25)29-12-17-21-14-8-4-3-7-13(14)19(26)22-17/h3-10H,11-12H2,1-2H3,(H,21,22,26). The number of benzene rings is 2. The molecule has 0 aliphatic heterocycles. The zero-order chi connectivity index (χ0) is 20.2. The van der Waals surface area contributed by atoms with E-state index in [2.05, 4.69) is 20.2 Å². The van der Waals surface area contributed by atoms with Crippen molar-refractivity contribution in [2.75, 3.05) is 7.11 Å². The van der Waals surface area contributed by atoms with E-state index in [1.807, 2.05) is 54.1 Å². The average Bonchev–Trinajstić information content (AvgIpc) is 3.10. The van der Waals surface area contributed by atoms with Crippen molar-refractivity contribution in [3.05, 3.63) is 70.5 Å². The highest BCUT2D eigenvalue weighted by Crippen LogP contribution is 2.27. The Labute approximate surface area is 170 Å². The molecule has 4 rings (SSSR count). The number of ether oxygens (including phenoxy) is 2. The highest BCUT2D eigenvalue weighted by molar-refractivity contribution is 7.98. The van der Waals surface area contributed by atoms with Gasteiger partial charge in [0.05, 0.1) is 23.8 Å². The second-order valence-electron chi connectivity index (χ2n) is 6.22. The van der Waals surface area contributed by atoms with Crippen LogP contribution in [-0.2, 0) is 19.4 Å². The van der Waals surface area contributed by atoms with Crippen molar-refractivity contribution >= 4 is 22.7 Å². The molecule has 2 heterocycles. The van der Waals surface area contributed by atoms with Gasteiger partial charge < -0.3 is 19.0 Å². The predicted octanol–water partition coefficient (Wildman–Crippen LogP) is 2.93. The number of hydrogen-bond acceptors (Lipinski definition) is 7. The highest BCUT2D eigenvalue weighted by atomic mass is 32.2. The fraction of sp³-hybridized carbons (Fsp3) is 0.200. The van der Waals surface area contributed by atoms with Crippen molar-refractivity contribution in [1.29, 1.82) is 0 Å². The zero-order valence-electron chi connectivity index (χ0n) is 16.0. The summed E-state index contributed by atoms with van der Waals surface area (Å²) in [5.41, 5.74) is 0.533. The van der Waals surface area contributed by atoms with Crippen LogP contribution in [0.3, 0.4) is 0 Å². The van der Waals surface area contributed by atoms with Crippen LogP contribution in [0.25, 0.3) is 10.9 Å². The number of thioether (sulfide) groups is 1. The van der Waals surface area contributed by atoms with Gasteiger partial charge >= 0.3 is 0 Å². The van der Waals surface area contributed by atoms with Crippen LogP contribution in [0, 0.1) is 0 Å². The highest BCUT2D eigenvalue weighted by Gasteiger charge is 2.12. The Balaban J connectivity index is 1.44. The van der Waals surface area contributed by atoms with E-state index in [1.165, 1.54) is 11.8 Å². The Kier molecular flexibility index (Phi) is 5.48. The number of nitrogens with zero attached hydrogens (tertiary/aromatic N) is 4. The number of aromatic nitrogens is 5. The topological polar surface area (TPSA) is 94.9 Å². The summed E-state index contributed by atoms with van der Waals surface area (Å²) in [6, 6.07) is 14.7. The summed E-state index contributed by atoms with van der Waals surface area (Å²) in [4.78, 5) is 19.5. The molecule has 2 aromatic heterocycles. The van der Waals surface area contributed by atoms with Crippen molar-refractivity contribution in [2.45, 2.75) is 17.5 Å². The number of fused-ring (bicyclic) bond motifs is 1. The molecule has 0 atom stereocenters. The molecule has 9 heteroatoms. The first-order valence-electron chi connectivity index (χ1n) is 8.90. The Hall–Kier alpha value is -3.33. The molecule has 8 nitrogen and oxygen atoms in total. The summed E-state index contributed by atoms with van der Waals surface area (Å²) < 4.78 is 13.0. The van der Waals surface area contributed by atoms with E-state index in [9.17, 15) is 4.79 Å². The lowest BCUT2D eigenvalue weighted by atomic mass is 10.2. The monoisotopic (exact) mass is 409 g/mol. The van der Waals surface area contributed by atoms with Crippen molar-refractivity contribution in [1.82, 2.24) is 24.7 Å². The van der Waals surface area contributed by atoms with Gasteiger partial charge in [-0.15, -0.1) is 10.2 Å². The van der Waals surface area contributed by atoms with Crippen LogP contribution < -0.4 is 15.0 Å². The summed E-state index contributed by atoms with van der Waals surface area (Å²) in [5, 5.41) is 9.70. The minimum absolute atomic E-state index is 0.143. The number of rotatable bonds is 7. The Morgan fingerprint density at radius 3 is 2.66 bits per heavy atom. The Morgan fingerprint density at radius 1 is 1.07 bits per heavy atom. The molecule has 0 radical (unpaired) electrons. The number of hydrogen-bond donors (Lipinski definition) is 1. The van der Waals surface area contributed by atoms with Gasteiger partial charge in [-0.1, -0.05) is 36.0 Å². The zero-order valence-corrected chi connectivity index (χ0v) is 16.8. The van der Waals surface area contributed by atoms with Gasteiger partial charge in [0.2, 0.25) is 0 Å². The van der Waals surface area contributed by atoms with Crippen molar-refractivity contribution in [3.8, 4) is 11.5 Å². The number of para-hydroxylation sites is 3. The molecule has 29 heavy (non-hydrogen) atoms. The number of aromatic amines is 1. The minimum atomic E-state index is -0.143. The molecule has 1 N–H and O–H groups in total. The first-order valence-corrected chi connectivity index (χ1v) is 9.89. The fourth-order valence-corrected chi connectivity index (χ4v) is 3.61. The summed E-state index contributed by atoms with van der Waals surface area (Å²) in [7, 11) is 3.48. The maximum atomic E-state index is 12.2. The van der Waals surface area contributed by atoms with E-state index in [0.29, 0.717) is 45.0 Å². The van der Waals surface area contributed by atoms with Gasteiger partial charge in [0, 0.05) is 7.05 Å². The van der Waals surface area contributed by atoms with E-state index >= 15 is 0 Å². The second-order valence-corrected chi connectivity index (χ2v) is 7.16. The second kappa shape index (κ2) is 8.36. The summed E-state index contributed by atoms with van der Waals surface area (Å²) >= 11 is 1.44. The molecule has 2 aromatic carbocycles. The number of methoxy groups -OCH3 is 1. The normalized spacial score (nSPS) is 11.0. The SMILES string of the molecule is COc1ccccc1OCc1nnc(SCc2nc3ccccc3c(=O)[nH]2)n1C. The van der Waals surface area contributed by atoms with E-state index in [0.717, 1.165) is 0 Å². The van der Waals surface area contributed by atoms with Gasteiger partial charge in [0.1, 0.15) is 12.4 Å². The Bertz CT molecular complexity index is 1200. The largest absolute Gasteiger partial charge is 0.493 e. The lowest BCUT2D eigenvalue weighted by molar-refractivity contribution is 0.272. The minimum Gasteiger partial charge on any atom is -0.493 e. The summed E-state index contributed by atoms with van der Waals surface area (Å²) in [6.45, 7) is 0.259. The van der Waals surface area contributed by atoms with Gasteiger partial charge in [0.15, 0.2) is 22.5 Å². The lowest BCUT2D eigenvalue weighted by Crippen LogP contribution is -2.11. The molecule has 0 saturated heterocycles. The van der Waals surface area contributed by atoms with Crippen molar-refractivity contribution in [2.24, 2.45) is 7.05 Å². The molecule has 0 amide bonds. The van der Waals surface area contributed by atoms with Crippen LogP contribution in [0.5, 0.6) is 11.5 Å². The average molecular weight is 409 g/mol. The third kappa shape index (κ3) is 4.09. The first kappa shape index (κ1) is 19.0. The summed E-state index contributed by atoms with van der Waals surface area (Å²) in [5.74, 6) is 3.05. The number of H-pyrrole nitrogens is 1. The molecular formula is C20H19N5O3S. The van der Waals surface area contributed by atoms with E-state index in [4.69, 9.17) is 9.47 Å². The molecule has 4 aromatic rings. The molecular weight excluding hydrogens is 390 g/mol. The summed E-state index contributed by atoms with van der Waals surface area (Å²) in [6.07, 6.45) is 0. The molecule has 0 spiro atoms. The van der Waals surface area contributed by atoms with Crippen LogP contribution in [0.4, 0.5) is 0 Å². The van der Waals surface area contributed by atoms with Crippen LogP contribution in [0.2, 0.25) is 0 Å². The number of nitrogens with one attached hydrogen (secondary N) is 1. The van der Waals surface area contributed by atoms with E-state index in [1.54, 1.807) is 13.2 Å². The van der Waals surface area contributed by atoms with Crippen LogP contribution in [0.1, 0.15) is 11.6 Å². The van der Waals surface area contributed by atoms with Gasteiger partial charge in [-0.25, -0.2) is 4.98 Å². The molecule has 0 unspecified atom stereocenters. The van der Waals surface area contributed by atoms with Crippen LogP contribution in [-0.4, -0.2) is 31.8 Å². The maximum Gasteiger partial charge on any atom is 0.258 e. The van der Waals surface area contributed by atoms with Gasteiger partial charge in [0.25, 0.3) is 5.56 Å². The van der Waals surface area contributed by atoms with Gasteiger partial charge in [-0.05, 0) is 24.3 Å². The molecule has 0 bridgehead atoms. The van der Waals surface area contributed by atoms with Crippen LogP contribution in [0.15, 0.2) is 58.5 Å². The maximum absolute atomic E-state index is 12.2. The van der Waals surface area contributed by atoms with Crippen LogP contribution >= 0.6 is 11.8 Å². The lowest BCUT2D eigenvalue weighted by Gasteiger charge is -2.10. The molecule has 148 valence electrons. The smallest absolute Gasteiger partial charge is 0.258 e. The van der Waals surface area contributed by atoms with E-state index < -0.39 is 0 Å². The third-order valence-electron chi connectivity index (χ3n) is 4.35. The fourth-order valence-electron chi connectivity index (χ4n) is 2.81.